The summed E-state index contributed by atoms with van der Waals surface area (Å²) in [4.78, 5) is 15.6. The highest BCUT2D eigenvalue weighted by molar-refractivity contribution is 14.2. The molecule has 0 radical (unpaired) electrons. The van der Waals surface area contributed by atoms with E-state index in [4.69, 9.17) is 24.9 Å². The summed E-state index contributed by atoms with van der Waals surface area (Å²) in [7, 11) is 1.59. The molecule has 1 saturated heterocycles. The molecule has 0 amide bonds. The number of halogens is 1. The zero-order chi connectivity index (χ0) is 27.5. The Morgan fingerprint density at radius 2 is 1.98 bits per heavy atom. The van der Waals surface area contributed by atoms with Crippen LogP contribution in [0.3, 0.4) is 0 Å². The maximum atomic E-state index is 5.83. The zero-order valence-electron chi connectivity index (χ0n) is 23.5. The molecule has 210 valence electrons. The Labute approximate surface area is 251 Å². The van der Waals surface area contributed by atoms with Crippen LogP contribution >= 0.6 is 30.3 Å². The fourth-order valence-corrected chi connectivity index (χ4v) is 7.56. The van der Waals surface area contributed by atoms with Gasteiger partial charge < -0.3 is 14.5 Å². The van der Waals surface area contributed by atoms with Crippen LogP contribution in [0.1, 0.15) is 60.8 Å². The van der Waals surface area contributed by atoms with E-state index in [-0.39, 0.29) is 6.04 Å². The second-order valence-corrected chi connectivity index (χ2v) is 12.9. The lowest BCUT2D eigenvalue weighted by Gasteiger charge is -2.38. The summed E-state index contributed by atoms with van der Waals surface area (Å²) in [6.45, 7) is 13.5. The normalized spacial score (nSPS) is 19.5. The third-order valence-electron chi connectivity index (χ3n) is 8.56. The second-order valence-electron chi connectivity index (χ2n) is 11.3. The van der Waals surface area contributed by atoms with E-state index in [1.54, 1.807) is 9.12 Å². The first-order valence-electron chi connectivity index (χ1n) is 14.3. The molecule has 4 aromatic rings. The molecule has 5 heterocycles. The molecule has 1 aromatic carbocycles. The molecule has 11 heteroatoms. The molecular weight excluding hydrogens is 635 g/mol. The number of hydrogen-bond acceptors (Lipinski definition) is 8. The van der Waals surface area contributed by atoms with Crippen LogP contribution in [0.25, 0.3) is 22.3 Å². The number of aryl methyl sites for hydroxylation is 3. The number of aromatic nitrogens is 6. The molecule has 40 heavy (non-hydrogen) atoms. The molecule has 2 aliphatic heterocycles. The average Bonchev–Trinajstić information content (AvgIpc) is 3.65. The summed E-state index contributed by atoms with van der Waals surface area (Å²) >= 11 is 2.29. The molecule has 1 aliphatic carbocycles. The molecule has 1 atom stereocenters. The lowest BCUT2D eigenvalue weighted by atomic mass is 9.99. The van der Waals surface area contributed by atoms with Crippen LogP contribution in [0.5, 0.6) is 0 Å². The zero-order valence-corrected chi connectivity index (χ0v) is 26.5. The van der Waals surface area contributed by atoms with Gasteiger partial charge in [0.2, 0.25) is 0 Å². The molecule has 1 unspecified atom stereocenters. The van der Waals surface area contributed by atoms with Crippen molar-refractivity contribution in [3.05, 3.63) is 46.4 Å². The minimum Gasteiger partial charge on any atom is -0.377 e. The topological polar surface area (TPSA) is 77.1 Å². The first-order valence-corrected chi connectivity index (χ1v) is 17.6. The third kappa shape index (κ3) is 4.48. The number of hydrogen-bond donors (Lipinski definition) is 0. The van der Waals surface area contributed by atoms with Gasteiger partial charge in [0, 0.05) is 91.4 Å². The number of anilines is 2. The number of nitrogens with zero attached hydrogens (tertiary/aromatic N) is 8. The van der Waals surface area contributed by atoms with Crippen LogP contribution in [-0.2, 0) is 24.2 Å². The van der Waals surface area contributed by atoms with Crippen LogP contribution < -0.4 is 9.80 Å². The largest absolute Gasteiger partial charge is 0.377 e. The molecule has 3 aliphatic rings. The van der Waals surface area contributed by atoms with E-state index >= 15 is 0 Å². The van der Waals surface area contributed by atoms with Crippen molar-refractivity contribution in [2.24, 2.45) is 0 Å². The van der Waals surface area contributed by atoms with Gasteiger partial charge in [-0.1, -0.05) is 6.07 Å². The lowest BCUT2D eigenvalue weighted by molar-refractivity contribution is 0.0984. The Morgan fingerprint density at radius 3 is 2.73 bits per heavy atom. The highest BCUT2D eigenvalue weighted by Gasteiger charge is 2.33. The van der Waals surface area contributed by atoms with Crippen molar-refractivity contribution in [1.82, 2.24) is 28.9 Å². The summed E-state index contributed by atoms with van der Waals surface area (Å²) < 4.78 is 10.0. The Hall–Kier alpha value is -2.38. The van der Waals surface area contributed by atoms with Gasteiger partial charge >= 0.3 is 0 Å². The van der Waals surface area contributed by atoms with Crippen molar-refractivity contribution in [2.75, 3.05) is 36.1 Å². The fraction of sp³-hybridized carbons (Fsp3) is 0.517. The van der Waals surface area contributed by atoms with Gasteiger partial charge in [0.1, 0.15) is 11.6 Å². The van der Waals surface area contributed by atoms with Crippen LogP contribution in [0.15, 0.2) is 18.2 Å². The maximum absolute atomic E-state index is 5.83. The monoisotopic (exact) mass is 670 g/mol. The van der Waals surface area contributed by atoms with E-state index < -0.39 is 0 Å². The molecule has 3 aromatic heterocycles. The van der Waals surface area contributed by atoms with Gasteiger partial charge in [-0.25, -0.2) is 14.6 Å². The summed E-state index contributed by atoms with van der Waals surface area (Å²) in [5, 5.41) is 10.9. The predicted molar refractivity (Wildman–Crippen MR) is 169 cm³/mol. The third-order valence-corrected chi connectivity index (χ3v) is 10.1. The lowest BCUT2D eigenvalue weighted by Crippen LogP contribution is -2.45. The van der Waals surface area contributed by atoms with Gasteiger partial charge in [0.05, 0.1) is 41.9 Å². The van der Waals surface area contributed by atoms with E-state index in [1.165, 1.54) is 35.5 Å². The summed E-state index contributed by atoms with van der Waals surface area (Å²) in [5.41, 5.74) is 8.02. The SMILES string of the molecule is CCn1nc(C2CC2)cc1N1CCc2nc(-c3c(C)ccc4c3c(C)nn4SI)nc(N3CCOCC3C)c2C1. The van der Waals surface area contributed by atoms with Crippen molar-refractivity contribution in [3.8, 4) is 11.4 Å². The highest BCUT2D eigenvalue weighted by Crippen LogP contribution is 2.42. The fourth-order valence-electron chi connectivity index (χ4n) is 6.28. The number of benzene rings is 1. The average molecular weight is 671 g/mol. The Kier molecular flexibility index (Phi) is 6.94. The first kappa shape index (κ1) is 26.5. The van der Waals surface area contributed by atoms with Crippen molar-refractivity contribution in [1.29, 1.82) is 0 Å². The molecule has 0 N–H and O–H groups in total. The van der Waals surface area contributed by atoms with E-state index in [9.17, 15) is 0 Å². The minimum atomic E-state index is 0.246. The highest BCUT2D eigenvalue weighted by atomic mass is 127. The predicted octanol–water partition coefficient (Wildman–Crippen LogP) is 5.84. The standard InChI is InChI=1S/C29H35IN8OS/c1-5-37-25(14-23(34-37)20-7-8-20)35-11-10-22-21(15-35)29(36-12-13-39-16-18(36)3)32-28(31-22)26-17(2)6-9-24-27(26)19(4)33-38(24)40-30/h6,9,14,18,20H,5,7-8,10-13,15-16H2,1-4H3. The number of fused-ring (bicyclic) bond motifs is 2. The van der Waals surface area contributed by atoms with Crippen LogP contribution in [-0.4, -0.2) is 61.3 Å². The van der Waals surface area contributed by atoms with Crippen molar-refractivity contribution in [2.45, 2.75) is 72.0 Å². The summed E-state index contributed by atoms with van der Waals surface area (Å²) in [5.74, 6) is 3.72. The minimum absolute atomic E-state index is 0.246. The molecule has 7 rings (SSSR count). The van der Waals surface area contributed by atoms with E-state index in [2.05, 4.69) is 81.6 Å². The second kappa shape index (κ2) is 10.5. The van der Waals surface area contributed by atoms with Gasteiger partial charge in [-0.05, 0) is 52.2 Å². The van der Waals surface area contributed by atoms with Gasteiger partial charge in [-0.2, -0.15) is 14.3 Å². The Balaban J connectivity index is 1.37. The smallest absolute Gasteiger partial charge is 0.162 e. The summed E-state index contributed by atoms with van der Waals surface area (Å²) in [6.07, 6.45) is 3.40. The molecular formula is C29H35IN8OS. The molecule has 1 saturated carbocycles. The van der Waals surface area contributed by atoms with E-state index in [0.717, 1.165) is 72.1 Å². The number of rotatable bonds is 6. The maximum Gasteiger partial charge on any atom is 0.162 e. The van der Waals surface area contributed by atoms with Gasteiger partial charge in [0.25, 0.3) is 0 Å². The van der Waals surface area contributed by atoms with Gasteiger partial charge in [-0.15, -0.1) is 0 Å². The number of morpholine rings is 1. The molecule has 0 spiro atoms. The number of ether oxygens (including phenoxy) is 1. The van der Waals surface area contributed by atoms with Crippen molar-refractivity contribution in [3.63, 3.8) is 0 Å². The van der Waals surface area contributed by atoms with Crippen molar-refractivity contribution >= 4 is 52.9 Å². The summed E-state index contributed by atoms with van der Waals surface area (Å²) in [6, 6.07) is 6.91. The molecule has 2 fully saturated rings. The first-order chi connectivity index (χ1) is 19.5. The molecule has 9 nitrogen and oxygen atoms in total. The van der Waals surface area contributed by atoms with Gasteiger partial charge in [0.15, 0.2) is 5.82 Å². The van der Waals surface area contributed by atoms with Crippen molar-refractivity contribution < 1.29 is 4.74 Å². The van der Waals surface area contributed by atoms with Crippen LogP contribution in [0, 0.1) is 13.8 Å². The Morgan fingerprint density at radius 1 is 1.12 bits per heavy atom. The van der Waals surface area contributed by atoms with Gasteiger partial charge in [-0.3, -0.25) is 0 Å². The van der Waals surface area contributed by atoms with Crippen LogP contribution in [0.2, 0.25) is 0 Å². The quantitative estimate of drug-likeness (QED) is 0.237. The van der Waals surface area contributed by atoms with E-state index in [1.807, 2.05) is 4.09 Å². The molecule has 0 bridgehead atoms. The van der Waals surface area contributed by atoms with Crippen LogP contribution in [0.4, 0.5) is 11.6 Å². The van der Waals surface area contributed by atoms with E-state index in [0.29, 0.717) is 19.1 Å². The Bertz CT molecular complexity index is 1590.